The van der Waals surface area contributed by atoms with Crippen LogP contribution in [0.15, 0.2) is 18.7 Å². The van der Waals surface area contributed by atoms with Crippen molar-refractivity contribution in [3.8, 4) is 17.1 Å². The van der Waals surface area contributed by atoms with E-state index in [4.69, 9.17) is 11.6 Å². The summed E-state index contributed by atoms with van der Waals surface area (Å²) in [5, 5.41) is -0.196. The van der Waals surface area contributed by atoms with Gasteiger partial charge in [-0.3, -0.25) is 0 Å². The number of aromatic nitrogens is 4. The largest absolute Gasteiger partial charge is 0.491 e. The Balaban J connectivity index is 2.49. The molecule has 2 aromatic rings. The number of carbonyl (C=O) groups excluding carboxylic acids is 1. The molecule has 0 amide bonds. The number of esters is 1. The molecule has 0 atom stereocenters. The van der Waals surface area contributed by atoms with Gasteiger partial charge in [0.2, 0.25) is 5.28 Å². The van der Waals surface area contributed by atoms with Crippen molar-refractivity contribution in [3.05, 3.63) is 24.0 Å². The quantitative estimate of drug-likeness (QED) is 0.637. The van der Waals surface area contributed by atoms with Gasteiger partial charge in [-0.1, -0.05) is 0 Å². The number of halogens is 4. The van der Waals surface area contributed by atoms with Crippen LogP contribution in [0, 0.1) is 0 Å². The molecule has 6 nitrogen and oxygen atoms in total. The Morgan fingerprint density at radius 1 is 1.36 bits per heavy atom. The molecule has 0 fully saturated rings. The number of alkyl halides is 3. The first kappa shape index (κ1) is 16.2. The highest BCUT2D eigenvalue weighted by Gasteiger charge is 2.42. The first-order valence-corrected chi connectivity index (χ1v) is 6.41. The van der Waals surface area contributed by atoms with Crippen LogP contribution in [0.1, 0.15) is 19.9 Å². The average molecular weight is 335 g/mol. The van der Waals surface area contributed by atoms with Crippen molar-refractivity contribution >= 4 is 17.6 Å². The molecule has 0 bridgehead atoms. The minimum absolute atomic E-state index is 0.0441. The summed E-state index contributed by atoms with van der Waals surface area (Å²) in [6, 6.07) is -0.0441. The van der Waals surface area contributed by atoms with Gasteiger partial charge in [0.25, 0.3) is 0 Å². The van der Waals surface area contributed by atoms with E-state index in [1.807, 2.05) is 13.8 Å². The summed E-state index contributed by atoms with van der Waals surface area (Å²) in [5.41, 5.74) is 0.299. The van der Waals surface area contributed by atoms with Crippen molar-refractivity contribution in [1.82, 2.24) is 19.5 Å². The monoisotopic (exact) mass is 334 g/mol. The van der Waals surface area contributed by atoms with Crippen molar-refractivity contribution in [2.45, 2.75) is 26.1 Å². The fraction of sp³-hybridized carbons (Fsp3) is 0.333. The summed E-state index contributed by atoms with van der Waals surface area (Å²) in [5.74, 6) is -2.82. The summed E-state index contributed by atoms with van der Waals surface area (Å²) in [6.07, 6.45) is -1.36. The number of rotatable bonds is 3. The summed E-state index contributed by atoms with van der Waals surface area (Å²) in [4.78, 5) is 22.3. The zero-order valence-corrected chi connectivity index (χ0v) is 12.2. The molecule has 0 aromatic carbocycles. The third-order valence-corrected chi connectivity index (χ3v) is 2.81. The van der Waals surface area contributed by atoms with Gasteiger partial charge < -0.3 is 9.30 Å². The fourth-order valence-corrected chi connectivity index (χ4v) is 1.80. The molecule has 0 saturated carbocycles. The second-order valence-corrected chi connectivity index (χ2v) is 4.86. The molecule has 0 spiro atoms. The third-order valence-electron chi connectivity index (χ3n) is 2.62. The SMILES string of the molecule is CC(C)n1cncc1-c1nc(Cl)ncc1OC(=O)C(F)(F)F. The molecule has 22 heavy (non-hydrogen) atoms. The summed E-state index contributed by atoms with van der Waals surface area (Å²) >= 11 is 5.68. The van der Waals surface area contributed by atoms with Crippen molar-refractivity contribution < 1.29 is 22.7 Å². The normalized spacial score (nSPS) is 11.8. The number of hydrogen-bond acceptors (Lipinski definition) is 5. The molecule has 2 aromatic heterocycles. The van der Waals surface area contributed by atoms with E-state index in [0.29, 0.717) is 5.69 Å². The molecule has 0 radical (unpaired) electrons. The van der Waals surface area contributed by atoms with E-state index in [1.165, 1.54) is 12.5 Å². The lowest BCUT2D eigenvalue weighted by Crippen LogP contribution is -2.28. The van der Waals surface area contributed by atoms with Crippen molar-refractivity contribution in [1.29, 1.82) is 0 Å². The Kier molecular flexibility index (Phi) is 4.36. The van der Waals surface area contributed by atoms with E-state index in [-0.39, 0.29) is 17.0 Å². The highest BCUT2D eigenvalue weighted by molar-refractivity contribution is 6.28. The third kappa shape index (κ3) is 3.35. The molecular formula is C12H10ClF3N4O2. The highest BCUT2D eigenvalue weighted by Crippen LogP contribution is 2.31. The van der Waals surface area contributed by atoms with Crippen LogP contribution in [0.3, 0.4) is 0 Å². The first-order chi connectivity index (χ1) is 10.2. The molecule has 0 aliphatic carbocycles. The number of ether oxygens (including phenoxy) is 1. The van der Waals surface area contributed by atoms with Gasteiger partial charge in [-0.15, -0.1) is 0 Å². The van der Waals surface area contributed by atoms with Crippen LogP contribution >= 0.6 is 11.6 Å². The number of hydrogen-bond donors (Lipinski definition) is 0. The van der Waals surface area contributed by atoms with Gasteiger partial charge >= 0.3 is 12.1 Å². The minimum atomic E-state index is -5.13. The molecule has 0 aliphatic rings. The Labute approximate surface area is 127 Å². The molecule has 0 aliphatic heterocycles. The second kappa shape index (κ2) is 5.91. The molecule has 2 rings (SSSR count). The number of nitrogens with zero attached hydrogens (tertiary/aromatic N) is 4. The Morgan fingerprint density at radius 3 is 2.64 bits per heavy atom. The Bertz CT molecular complexity index is 700. The van der Waals surface area contributed by atoms with Gasteiger partial charge in [-0.05, 0) is 25.4 Å². The molecule has 0 unspecified atom stereocenters. The first-order valence-electron chi connectivity index (χ1n) is 6.04. The van der Waals surface area contributed by atoms with Crippen molar-refractivity contribution in [3.63, 3.8) is 0 Å². The van der Waals surface area contributed by atoms with E-state index in [2.05, 4.69) is 19.7 Å². The Morgan fingerprint density at radius 2 is 2.05 bits per heavy atom. The summed E-state index contributed by atoms with van der Waals surface area (Å²) in [7, 11) is 0. The van der Waals surface area contributed by atoms with Gasteiger partial charge in [0.15, 0.2) is 5.75 Å². The van der Waals surface area contributed by atoms with Crippen LogP contribution in [0.25, 0.3) is 11.4 Å². The van der Waals surface area contributed by atoms with Crippen LogP contribution < -0.4 is 4.74 Å². The van der Waals surface area contributed by atoms with E-state index < -0.39 is 17.9 Å². The zero-order valence-electron chi connectivity index (χ0n) is 11.4. The predicted molar refractivity (Wildman–Crippen MR) is 70.3 cm³/mol. The van der Waals surface area contributed by atoms with Crippen LogP contribution in [-0.2, 0) is 4.79 Å². The van der Waals surface area contributed by atoms with Crippen LogP contribution in [0.5, 0.6) is 5.75 Å². The smallest absolute Gasteiger partial charge is 0.416 e. The Hall–Kier alpha value is -2.16. The molecule has 0 saturated heterocycles. The molecular weight excluding hydrogens is 325 g/mol. The van der Waals surface area contributed by atoms with Gasteiger partial charge in [0, 0.05) is 6.04 Å². The van der Waals surface area contributed by atoms with Crippen molar-refractivity contribution in [2.24, 2.45) is 0 Å². The zero-order chi connectivity index (χ0) is 16.5. The molecule has 2 heterocycles. The minimum Gasteiger partial charge on any atom is -0.416 e. The molecule has 0 N–H and O–H groups in total. The number of carbonyl (C=O) groups is 1. The summed E-state index contributed by atoms with van der Waals surface area (Å²) < 4.78 is 43.0. The lowest BCUT2D eigenvalue weighted by molar-refractivity contribution is -0.189. The van der Waals surface area contributed by atoms with Gasteiger partial charge in [-0.2, -0.15) is 13.2 Å². The van der Waals surface area contributed by atoms with Crippen LogP contribution in [-0.4, -0.2) is 31.7 Å². The lowest BCUT2D eigenvalue weighted by atomic mass is 10.2. The average Bonchev–Trinajstić information content (AvgIpc) is 2.88. The van der Waals surface area contributed by atoms with E-state index in [1.54, 1.807) is 4.57 Å². The molecule has 118 valence electrons. The van der Waals surface area contributed by atoms with Gasteiger partial charge in [0.05, 0.1) is 24.4 Å². The topological polar surface area (TPSA) is 69.9 Å². The van der Waals surface area contributed by atoms with E-state index >= 15 is 0 Å². The van der Waals surface area contributed by atoms with Gasteiger partial charge in [-0.25, -0.2) is 19.7 Å². The van der Waals surface area contributed by atoms with Gasteiger partial charge in [0.1, 0.15) is 5.69 Å². The molecule has 10 heteroatoms. The fourth-order valence-electron chi connectivity index (χ4n) is 1.66. The second-order valence-electron chi connectivity index (χ2n) is 4.52. The number of imidazole rings is 1. The van der Waals surface area contributed by atoms with Crippen LogP contribution in [0.2, 0.25) is 5.28 Å². The standard InChI is InChI=1S/C12H10ClF3N4O2/c1-6(2)20-5-17-3-7(20)9-8(4-18-11(13)19-9)22-10(21)12(14,15)16/h3-6H,1-2H3. The van der Waals surface area contributed by atoms with E-state index in [9.17, 15) is 18.0 Å². The lowest BCUT2D eigenvalue weighted by Gasteiger charge is -2.14. The van der Waals surface area contributed by atoms with Crippen LogP contribution in [0.4, 0.5) is 13.2 Å². The van der Waals surface area contributed by atoms with E-state index in [0.717, 1.165) is 6.20 Å². The summed E-state index contributed by atoms with van der Waals surface area (Å²) in [6.45, 7) is 3.69. The maximum atomic E-state index is 12.3. The highest BCUT2D eigenvalue weighted by atomic mass is 35.5. The van der Waals surface area contributed by atoms with Crippen molar-refractivity contribution in [2.75, 3.05) is 0 Å². The maximum Gasteiger partial charge on any atom is 0.491 e. The predicted octanol–water partition coefficient (Wildman–Crippen LogP) is 3.04. The maximum absolute atomic E-state index is 12.3.